The summed E-state index contributed by atoms with van der Waals surface area (Å²) < 4.78 is 44.0. The largest absolute Gasteiger partial charge is 0.493 e. The maximum Gasteiger partial charge on any atom is 0.254 e. The number of piperazine rings is 1. The van der Waals surface area contributed by atoms with Gasteiger partial charge in [0, 0.05) is 43.4 Å². The van der Waals surface area contributed by atoms with E-state index in [2.05, 4.69) is 0 Å². The molecule has 0 unspecified atom stereocenters. The average Bonchev–Trinajstić information content (AvgIpc) is 2.91. The van der Waals surface area contributed by atoms with E-state index in [1.807, 2.05) is 48.5 Å². The third-order valence-corrected chi connectivity index (χ3v) is 7.80. The van der Waals surface area contributed by atoms with E-state index in [4.69, 9.17) is 14.2 Å². The van der Waals surface area contributed by atoms with Crippen molar-refractivity contribution in [2.75, 3.05) is 40.4 Å². The fraction of sp³-hybridized carbons (Fsp3) is 0.269. The number of para-hydroxylation sites is 1. The minimum Gasteiger partial charge on any atom is -0.493 e. The SMILES string of the molecule is COc1ccc(S(=O)(=O)N2CCN(C(=O)c3ccccc3COc3ccccc3)CC2)cc1OC. The molecule has 0 spiro atoms. The molecule has 0 N–H and O–H groups in total. The van der Waals surface area contributed by atoms with E-state index in [9.17, 15) is 13.2 Å². The van der Waals surface area contributed by atoms with Gasteiger partial charge in [0.15, 0.2) is 11.5 Å². The number of nitrogens with zero attached hydrogens (tertiary/aromatic N) is 2. The number of carbonyl (C=O) groups is 1. The fourth-order valence-corrected chi connectivity index (χ4v) is 5.40. The summed E-state index contributed by atoms with van der Waals surface area (Å²) in [6.45, 7) is 1.24. The molecule has 9 heteroatoms. The van der Waals surface area contributed by atoms with Gasteiger partial charge in [0.2, 0.25) is 10.0 Å². The maximum absolute atomic E-state index is 13.3. The lowest BCUT2D eigenvalue weighted by Gasteiger charge is -2.34. The number of hydrogen-bond donors (Lipinski definition) is 0. The summed E-state index contributed by atoms with van der Waals surface area (Å²) >= 11 is 0. The summed E-state index contributed by atoms with van der Waals surface area (Å²) in [5, 5.41) is 0. The van der Waals surface area contributed by atoms with Crippen LogP contribution >= 0.6 is 0 Å². The number of carbonyl (C=O) groups excluding carboxylic acids is 1. The van der Waals surface area contributed by atoms with Crippen LogP contribution in [0.5, 0.6) is 17.2 Å². The second-order valence-corrected chi connectivity index (χ2v) is 9.91. The topological polar surface area (TPSA) is 85.4 Å². The molecule has 8 nitrogen and oxygen atoms in total. The lowest BCUT2D eigenvalue weighted by molar-refractivity contribution is 0.0695. The summed E-state index contributed by atoms with van der Waals surface area (Å²) in [7, 11) is -0.787. The van der Waals surface area contributed by atoms with Crippen molar-refractivity contribution in [3.63, 3.8) is 0 Å². The van der Waals surface area contributed by atoms with Crippen molar-refractivity contribution in [3.8, 4) is 17.2 Å². The number of ether oxygens (including phenoxy) is 3. The van der Waals surface area contributed by atoms with Crippen molar-refractivity contribution in [2.24, 2.45) is 0 Å². The zero-order valence-corrected chi connectivity index (χ0v) is 20.5. The maximum atomic E-state index is 13.3. The number of amides is 1. The highest BCUT2D eigenvalue weighted by Gasteiger charge is 2.31. The molecule has 4 rings (SSSR count). The van der Waals surface area contributed by atoms with Gasteiger partial charge in [0.25, 0.3) is 5.91 Å². The van der Waals surface area contributed by atoms with Gasteiger partial charge in [-0.3, -0.25) is 4.79 Å². The predicted molar refractivity (Wildman–Crippen MR) is 131 cm³/mol. The van der Waals surface area contributed by atoms with Gasteiger partial charge >= 0.3 is 0 Å². The zero-order chi connectivity index (χ0) is 24.8. The van der Waals surface area contributed by atoms with E-state index >= 15 is 0 Å². The minimum absolute atomic E-state index is 0.123. The molecule has 1 saturated heterocycles. The van der Waals surface area contributed by atoms with Gasteiger partial charge in [0.05, 0.1) is 19.1 Å². The Hall–Kier alpha value is -3.56. The molecule has 0 bridgehead atoms. The normalized spacial score (nSPS) is 14.4. The smallest absolute Gasteiger partial charge is 0.254 e. The van der Waals surface area contributed by atoms with Gasteiger partial charge in [-0.2, -0.15) is 4.31 Å². The van der Waals surface area contributed by atoms with Crippen LogP contribution in [0.2, 0.25) is 0 Å². The number of hydrogen-bond acceptors (Lipinski definition) is 6. The van der Waals surface area contributed by atoms with Crippen molar-refractivity contribution in [1.82, 2.24) is 9.21 Å². The third kappa shape index (κ3) is 5.41. The monoisotopic (exact) mass is 496 g/mol. The molecule has 0 radical (unpaired) electrons. The van der Waals surface area contributed by atoms with Crippen LogP contribution in [0.3, 0.4) is 0 Å². The molecule has 184 valence electrons. The second kappa shape index (κ2) is 10.8. The molecule has 0 saturated carbocycles. The quantitative estimate of drug-likeness (QED) is 0.475. The summed E-state index contributed by atoms with van der Waals surface area (Å²) in [5.41, 5.74) is 1.33. The Morgan fingerprint density at radius 3 is 2.17 bits per heavy atom. The molecule has 1 heterocycles. The van der Waals surface area contributed by atoms with E-state index in [1.54, 1.807) is 17.0 Å². The highest BCUT2D eigenvalue weighted by molar-refractivity contribution is 7.89. The van der Waals surface area contributed by atoms with E-state index < -0.39 is 10.0 Å². The second-order valence-electron chi connectivity index (χ2n) is 7.97. The average molecular weight is 497 g/mol. The number of sulfonamides is 1. The van der Waals surface area contributed by atoms with E-state index in [-0.39, 0.29) is 30.5 Å². The van der Waals surface area contributed by atoms with Gasteiger partial charge < -0.3 is 19.1 Å². The number of methoxy groups -OCH3 is 2. The van der Waals surface area contributed by atoms with Crippen LogP contribution in [-0.2, 0) is 16.6 Å². The van der Waals surface area contributed by atoms with Crippen LogP contribution in [0.1, 0.15) is 15.9 Å². The van der Waals surface area contributed by atoms with Gasteiger partial charge in [-0.1, -0.05) is 36.4 Å². The molecule has 3 aromatic rings. The molecule has 1 amide bonds. The number of benzene rings is 3. The Balaban J connectivity index is 1.43. The molecule has 3 aromatic carbocycles. The Kier molecular flexibility index (Phi) is 7.57. The molecular formula is C26H28N2O6S. The standard InChI is InChI=1S/C26H28N2O6S/c1-32-24-13-12-22(18-25(24)33-2)35(30,31)28-16-14-27(15-17-28)26(29)23-11-7-6-8-20(23)19-34-21-9-4-3-5-10-21/h3-13,18H,14-17,19H2,1-2H3. The van der Waals surface area contributed by atoms with Gasteiger partial charge in [-0.15, -0.1) is 0 Å². The van der Waals surface area contributed by atoms with Gasteiger partial charge in [-0.25, -0.2) is 8.42 Å². The molecule has 1 aliphatic rings. The zero-order valence-electron chi connectivity index (χ0n) is 19.7. The van der Waals surface area contributed by atoms with Crippen molar-refractivity contribution in [3.05, 3.63) is 83.9 Å². The summed E-state index contributed by atoms with van der Waals surface area (Å²) in [4.78, 5) is 15.1. The Morgan fingerprint density at radius 2 is 1.49 bits per heavy atom. The van der Waals surface area contributed by atoms with E-state index in [0.29, 0.717) is 30.2 Å². The molecule has 0 aliphatic carbocycles. The van der Waals surface area contributed by atoms with Crippen LogP contribution in [0.25, 0.3) is 0 Å². The van der Waals surface area contributed by atoms with Gasteiger partial charge in [0.1, 0.15) is 12.4 Å². The summed E-state index contributed by atoms with van der Waals surface area (Å²) in [5.74, 6) is 1.39. The van der Waals surface area contributed by atoms with Crippen molar-refractivity contribution in [2.45, 2.75) is 11.5 Å². The first-order valence-corrected chi connectivity index (χ1v) is 12.6. The van der Waals surface area contributed by atoms with Gasteiger partial charge in [-0.05, 0) is 30.3 Å². The van der Waals surface area contributed by atoms with Crippen LogP contribution in [0.15, 0.2) is 77.7 Å². The Bertz CT molecular complexity index is 1270. The van der Waals surface area contributed by atoms with Crippen LogP contribution in [-0.4, -0.2) is 63.9 Å². The van der Waals surface area contributed by atoms with Crippen LogP contribution in [0.4, 0.5) is 0 Å². The highest BCUT2D eigenvalue weighted by Crippen LogP contribution is 2.31. The van der Waals surface area contributed by atoms with Crippen LogP contribution in [0, 0.1) is 0 Å². The highest BCUT2D eigenvalue weighted by atomic mass is 32.2. The first kappa shape index (κ1) is 24.6. The van der Waals surface area contributed by atoms with Crippen molar-refractivity contribution < 1.29 is 27.4 Å². The van der Waals surface area contributed by atoms with Crippen molar-refractivity contribution >= 4 is 15.9 Å². The van der Waals surface area contributed by atoms with E-state index in [0.717, 1.165) is 11.3 Å². The molecule has 1 fully saturated rings. The molecular weight excluding hydrogens is 468 g/mol. The lowest BCUT2D eigenvalue weighted by Crippen LogP contribution is -2.50. The summed E-state index contributed by atoms with van der Waals surface area (Å²) in [6, 6.07) is 21.3. The number of rotatable bonds is 8. The molecule has 35 heavy (non-hydrogen) atoms. The first-order valence-electron chi connectivity index (χ1n) is 11.2. The lowest BCUT2D eigenvalue weighted by atomic mass is 10.1. The molecule has 1 aliphatic heterocycles. The Labute approximate surface area is 205 Å². The van der Waals surface area contributed by atoms with E-state index in [1.165, 1.54) is 30.7 Å². The molecule has 0 atom stereocenters. The van der Waals surface area contributed by atoms with Crippen LogP contribution < -0.4 is 14.2 Å². The third-order valence-electron chi connectivity index (χ3n) is 5.90. The molecule has 0 aromatic heterocycles. The Morgan fingerprint density at radius 1 is 0.829 bits per heavy atom. The minimum atomic E-state index is -3.74. The predicted octanol–water partition coefficient (Wildman–Crippen LogP) is 3.43. The van der Waals surface area contributed by atoms with Crippen molar-refractivity contribution in [1.29, 1.82) is 0 Å². The fourth-order valence-electron chi connectivity index (χ4n) is 3.96. The first-order chi connectivity index (χ1) is 16.9. The summed E-state index contributed by atoms with van der Waals surface area (Å²) in [6.07, 6.45) is 0.